The minimum atomic E-state index is -1.46. The fourth-order valence-corrected chi connectivity index (χ4v) is 1.47. The molecule has 1 atom stereocenters. The summed E-state index contributed by atoms with van der Waals surface area (Å²) < 4.78 is 4.85. The Hall–Kier alpha value is -2.77. The first-order valence-electron chi connectivity index (χ1n) is 5.54. The Balaban J connectivity index is 2.89. The van der Waals surface area contributed by atoms with E-state index >= 15 is 0 Å². The molecule has 0 saturated carbocycles. The number of carbonyl (C=O) groups is 3. The number of hydrogen-bond donors (Lipinski definition) is 4. The first kappa shape index (κ1) is 15.3. The van der Waals surface area contributed by atoms with Crippen LogP contribution in [0.2, 0.25) is 0 Å². The average molecular weight is 282 g/mol. The van der Waals surface area contributed by atoms with Crippen molar-refractivity contribution in [3.05, 3.63) is 23.8 Å². The lowest BCUT2D eigenvalue weighted by molar-refractivity contribution is -0.140. The predicted octanol–water partition coefficient (Wildman–Crippen LogP) is -0.541. The largest absolute Gasteiger partial charge is 0.507 e. The van der Waals surface area contributed by atoms with Crippen LogP contribution >= 0.6 is 0 Å². The van der Waals surface area contributed by atoms with Gasteiger partial charge in [0.2, 0.25) is 5.91 Å². The summed E-state index contributed by atoms with van der Waals surface area (Å²) in [6, 6.07) is 2.45. The molecular weight excluding hydrogens is 268 g/mol. The molecule has 108 valence electrons. The van der Waals surface area contributed by atoms with E-state index in [1.165, 1.54) is 25.3 Å². The Morgan fingerprint density at radius 3 is 2.50 bits per heavy atom. The first-order chi connectivity index (χ1) is 9.35. The van der Waals surface area contributed by atoms with Crippen molar-refractivity contribution in [2.24, 2.45) is 5.73 Å². The molecular formula is C12H14N2O6. The number of nitrogens with one attached hydrogen (secondary N) is 1. The van der Waals surface area contributed by atoms with Crippen molar-refractivity contribution in [3.8, 4) is 11.5 Å². The molecule has 20 heavy (non-hydrogen) atoms. The zero-order chi connectivity index (χ0) is 15.3. The Kier molecular flexibility index (Phi) is 4.90. The lowest BCUT2D eigenvalue weighted by atomic mass is 10.1. The highest BCUT2D eigenvalue weighted by Gasteiger charge is 2.24. The molecule has 8 nitrogen and oxygen atoms in total. The van der Waals surface area contributed by atoms with Crippen LogP contribution in [0.5, 0.6) is 11.5 Å². The highest BCUT2D eigenvalue weighted by Crippen LogP contribution is 2.23. The molecule has 1 aromatic rings. The number of aliphatic carboxylic acids is 1. The zero-order valence-corrected chi connectivity index (χ0v) is 10.6. The van der Waals surface area contributed by atoms with Crippen LogP contribution < -0.4 is 15.8 Å². The molecule has 0 heterocycles. The summed E-state index contributed by atoms with van der Waals surface area (Å²) in [4.78, 5) is 33.4. The summed E-state index contributed by atoms with van der Waals surface area (Å²) >= 11 is 0. The summed E-state index contributed by atoms with van der Waals surface area (Å²) in [5.74, 6) is -3.13. The van der Waals surface area contributed by atoms with Gasteiger partial charge in [0.1, 0.15) is 17.5 Å². The van der Waals surface area contributed by atoms with Gasteiger partial charge >= 0.3 is 5.97 Å². The number of primary amides is 1. The number of phenolic OH excluding ortho intramolecular Hbond substituents is 1. The molecule has 0 saturated heterocycles. The number of amides is 2. The Morgan fingerprint density at radius 2 is 2.05 bits per heavy atom. The SMILES string of the molecule is COc1ccc(C(=O)NC(CC(N)=O)C(=O)O)c(O)c1. The predicted molar refractivity (Wildman–Crippen MR) is 67.4 cm³/mol. The second-order valence-electron chi connectivity index (χ2n) is 3.92. The number of carboxylic acid groups (broad SMARTS) is 1. The number of nitrogens with two attached hydrogens (primary N) is 1. The molecule has 0 aliphatic heterocycles. The van der Waals surface area contributed by atoms with E-state index < -0.39 is 30.2 Å². The van der Waals surface area contributed by atoms with Crippen LogP contribution in [0, 0.1) is 0 Å². The molecule has 0 aliphatic carbocycles. The van der Waals surface area contributed by atoms with Gasteiger partial charge in [-0.1, -0.05) is 0 Å². The normalized spacial score (nSPS) is 11.4. The molecule has 5 N–H and O–H groups in total. The van der Waals surface area contributed by atoms with Crippen LogP contribution in [0.3, 0.4) is 0 Å². The minimum absolute atomic E-state index is 0.137. The van der Waals surface area contributed by atoms with E-state index in [-0.39, 0.29) is 11.3 Å². The number of hydrogen-bond acceptors (Lipinski definition) is 5. The fraction of sp³-hybridized carbons (Fsp3) is 0.250. The van der Waals surface area contributed by atoms with E-state index in [1.54, 1.807) is 0 Å². The van der Waals surface area contributed by atoms with Crippen LogP contribution in [-0.4, -0.2) is 41.1 Å². The van der Waals surface area contributed by atoms with E-state index in [0.717, 1.165) is 0 Å². The van der Waals surface area contributed by atoms with E-state index in [1.807, 2.05) is 0 Å². The minimum Gasteiger partial charge on any atom is -0.507 e. The maximum Gasteiger partial charge on any atom is 0.326 e. The van der Waals surface area contributed by atoms with Gasteiger partial charge in [-0.3, -0.25) is 9.59 Å². The number of methoxy groups -OCH3 is 1. The maximum absolute atomic E-state index is 11.8. The number of rotatable bonds is 6. The van der Waals surface area contributed by atoms with Crippen LogP contribution in [0.25, 0.3) is 0 Å². The first-order valence-corrected chi connectivity index (χ1v) is 5.54. The highest BCUT2D eigenvalue weighted by atomic mass is 16.5. The van der Waals surface area contributed by atoms with Crippen molar-refractivity contribution in [2.45, 2.75) is 12.5 Å². The monoisotopic (exact) mass is 282 g/mol. The number of phenols is 1. The molecule has 0 spiro atoms. The lowest BCUT2D eigenvalue weighted by Gasteiger charge is -2.13. The van der Waals surface area contributed by atoms with Crippen molar-refractivity contribution < 1.29 is 29.3 Å². The summed E-state index contributed by atoms with van der Waals surface area (Å²) in [5.41, 5.74) is 4.76. The molecule has 8 heteroatoms. The van der Waals surface area contributed by atoms with Gasteiger partial charge in [0.15, 0.2) is 0 Å². The van der Waals surface area contributed by atoms with Crippen LogP contribution in [0.4, 0.5) is 0 Å². The maximum atomic E-state index is 11.8. The summed E-state index contributed by atoms with van der Waals surface area (Å²) in [7, 11) is 1.39. The smallest absolute Gasteiger partial charge is 0.326 e. The van der Waals surface area contributed by atoms with Crippen LogP contribution in [-0.2, 0) is 9.59 Å². The van der Waals surface area contributed by atoms with Gasteiger partial charge in [0.05, 0.1) is 19.1 Å². The third-order valence-corrected chi connectivity index (χ3v) is 2.46. The van der Waals surface area contributed by atoms with Crippen molar-refractivity contribution >= 4 is 17.8 Å². The molecule has 0 radical (unpaired) electrons. The Morgan fingerprint density at radius 1 is 1.40 bits per heavy atom. The van der Waals surface area contributed by atoms with Crippen molar-refractivity contribution in [2.75, 3.05) is 7.11 Å². The second-order valence-corrected chi connectivity index (χ2v) is 3.92. The highest BCUT2D eigenvalue weighted by molar-refractivity contribution is 5.99. The standard InChI is InChI=1S/C12H14N2O6/c1-20-6-2-3-7(9(15)4-6)11(17)14-8(12(18)19)5-10(13)16/h2-4,8,15H,5H2,1H3,(H2,13,16)(H,14,17)(H,18,19). The zero-order valence-electron chi connectivity index (χ0n) is 10.6. The van der Waals surface area contributed by atoms with Gasteiger partial charge in [0.25, 0.3) is 5.91 Å². The fourth-order valence-electron chi connectivity index (χ4n) is 1.47. The van der Waals surface area contributed by atoms with Gasteiger partial charge in [-0.15, -0.1) is 0 Å². The number of ether oxygens (including phenoxy) is 1. The van der Waals surface area contributed by atoms with Gasteiger partial charge in [-0.25, -0.2) is 4.79 Å². The lowest BCUT2D eigenvalue weighted by Crippen LogP contribution is -2.43. The number of aromatic hydroxyl groups is 1. The molecule has 1 unspecified atom stereocenters. The summed E-state index contributed by atoms with van der Waals surface area (Å²) in [5, 5.41) is 20.6. The van der Waals surface area contributed by atoms with Crippen molar-refractivity contribution in [1.82, 2.24) is 5.32 Å². The topological polar surface area (TPSA) is 139 Å². The quantitative estimate of drug-likeness (QED) is 0.552. The van der Waals surface area contributed by atoms with E-state index in [2.05, 4.69) is 5.32 Å². The third-order valence-electron chi connectivity index (χ3n) is 2.46. The van der Waals surface area contributed by atoms with Gasteiger partial charge in [-0.05, 0) is 12.1 Å². The summed E-state index contributed by atoms with van der Waals surface area (Å²) in [6.45, 7) is 0. The summed E-state index contributed by atoms with van der Waals surface area (Å²) in [6.07, 6.45) is -0.544. The molecule has 1 rings (SSSR count). The van der Waals surface area contributed by atoms with Crippen LogP contribution in [0.15, 0.2) is 18.2 Å². The number of carboxylic acids is 1. The average Bonchev–Trinajstić information content (AvgIpc) is 2.36. The van der Waals surface area contributed by atoms with Crippen molar-refractivity contribution in [3.63, 3.8) is 0 Å². The third kappa shape index (κ3) is 3.87. The van der Waals surface area contributed by atoms with Gasteiger partial charge in [0, 0.05) is 6.07 Å². The van der Waals surface area contributed by atoms with Crippen LogP contribution in [0.1, 0.15) is 16.8 Å². The van der Waals surface area contributed by atoms with E-state index in [4.69, 9.17) is 15.6 Å². The Labute approximate surface area is 114 Å². The number of benzene rings is 1. The van der Waals surface area contributed by atoms with Gasteiger partial charge in [-0.2, -0.15) is 0 Å². The molecule has 1 aromatic carbocycles. The molecule has 0 aliphatic rings. The van der Waals surface area contributed by atoms with E-state index in [9.17, 15) is 19.5 Å². The molecule has 0 bridgehead atoms. The molecule has 2 amide bonds. The Bertz CT molecular complexity index is 543. The number of carbonyl (C=O) groups excluding carboxylic acids is 2. The van der Waals surface area contributed by atoms with Gasteiger partial charge < -0.3 is 26.0 Å². The molecule has 0 fully saturated rings. The second kappa shape index (κ2) is 6.41. The van der Waals surface area contributed by atoms with E-state index in [0.29, 0.717) is 5.75 Å². The molecule has 0 aromatic heterocycles. The van der Waals surface area contributed by atoms with Crippen molar-refractivity contribution in [1.29, 1.82) is 0 Å².